The highest BCUT2D eigenvalue weighted by Crippen LogP contribution is 2.13. The topological polar surface area (TPSA) is 44.7 Å². The summed E-state index contributed by atoms with van der Waals surface area (Å²) in [6.07, 6.45) is 0. The van der Waals surface area contributed by atoms with Crippen LogP contribution in [0.3, 0.4) is 0 Å². The molecular formula is C15H17N3OS. The predicted octanol–water partition coefficient (Wildman–Crippen LogP) is 2.97. The first-order valence-electron chi connectivity index (χ1n) is 6.24. The lowest BCUT2D eigenvalue weighted by Crippen LogP contribution is -2.18. The molecule has 104 valence electrons. The van der Waals surface area contributed by atoms with Crippen molar-refractivity contribution in [2.45, 2.75) is 6.92 Å². The Hall–Kier alpha value is -2.14. The van der Waals surface area contributed by atoms with E-state index in [4.69, 9.17) is 0 Å². The van der Waals surface area contributed by atoms with Gasteiger partial charge in [-0.05, 0) is 36.1 Å². The maximum absolute atomic E-state index is 11.8. The summed E-state index contributed by atoms with van der Waals surface area (Å²) >= 11 is 1.40. The summed E-state index contributed by atoms with van der Waals surface area (Å²) in [7, 11) is 3.99. The van der Waals surface area contributed by atoms with Crippen LogP contribution in [0.1, 0.15) is 22.2 Å². The predicted molar refractivity (Wildman–Crippen MR) is 84.8 cm³/mol. The normalized spacial score (nSPS) is 11.2. The molecule has 0 aliphatic rings. The number of nitrogens with zero attached hydrogens (tertiary/aromatic N) is 2. The fraction of sp³-hybridized carbons (Fsp3) is 0.200. The zero-order valence-electron chi connectivity index (χ0n) is 11.8. The lowest BCUT2D eigenvalue weighted by atomic mass is 10.1. The molecule has 0 saturated carbocycles. The number of hydrazone groups is 1. The van der Waals surface area contributed by atoms with Gasteiger partial charge in [-0.1, -0.05) is 18.2 Å². The molecule has 0 aliphatic carbocycles. The number of carbonyl (C=O) groups excluding carboxylic acids is 1. The second-order valence-electron chi connectivity index (χ2n) is 4.56. The Kier molecular flexibility index (Phi) is 4.53. The van der Waals surface area contributed by atoms with Crippen molar-refractivity contribution in [2.24, 2.45) is 5.10 Å². The Morgan fingerprint density at radius 1 is 1.20 bits per heavy atom. The quantitative estimate of drug-likeness (QED) is 0.694. The number of benzene rings is 1. The fourth-order valence-corrected chi connectivity index (χ4v) is 2.28. The molecule has 0 unspecified atom stereocenters. The number of hydrogen-bond donors (Lipinski definition) is 1. The minimum absolute atomic E-state index is 0.177. The zero-order chi connectivity index (χ0) is 14.5. The van der Waals surface area contributed by atoms with Crippen LogP contribution in [-0.2, 0) is 0 Å². The van der Waals surface area contributed by atoms with Gasteiger partial charge in [0, 0.05) is 19.8 Å². The average Bonchev–Trinajstić information content (AvgIpc) is 2.98. The zero-order valence-corrected chi connectivity index (χ0v) is 12.6. The van der Waals surface area contributed by atoms with Gasteiger partial charge in [-0.25, -0.2) is 5.43 Å². The summed E-state index contributed by atoms with van der Waals surface area (Å²) in [6, 6.07) is 11.6. The van der Waals surface area contributed by atoms with Gasteiger partial charge in [0.1, 0.15) is 0 Å². The lowest BCUT2D eigenvalue weighted by molar-refractivity contribution is 0.0959. The van der Waals surface area contributed by atoms with E-state index in [9.17, 15) is 4.79 Å². The van der Waals surface area contributed by atoms with Crippen LogP contribution in [0.2, 0.25) is 0 Å². The van der Waals surface area contributed by atoms with Gasteiger partial charge in [-0.2, -0.15) is 5.10 Å². The number of amides is 1. The lowest BCUT2D eigenvalue weighted by Gasteiger charge is -2.12. The van der Waals surface area contributed by atoms with Crippen molar-refractivity contribution < 1.29 is 4.79 Å². The highest BCUT2D eigenvalue weighted by atomic mass is 32.1. The van der Waals surface area contributed by atoms with Gasteiger partial charge >= 0.3 is 0 Å². The molecule has 20 heavy (non-hydrogen) atoms. The first-order chi connectivity index (χ1) is 9.58. The van der Waals surface area contributed by atoms with E-state index in [2.05, 4.69) is 10.5 Å². The SMILES string of the molecule is C/C(=N/NC(=O)c1cccs1)c1ccc(N(C)C)cc1. The second-order valence-corrected chi connectivity index (χ2v) is 5.50. The van der Waals surface area contributed by atoms with Gasteiger partial charge in [-0.15, -0.1) is 11.3 Å². The number of anilines is 1. The first kappa shape index (κ1) is 14.3. The highest BCUT2D eigenvalue weighted by molar-refractivity contribution is 7.12. The molecular weight excluding hydrogens is 270 g/mol. The standard InChI is InChI=1S/C15H17N3OS/c1-11(12-6-8-13(9-7-12)18(2)3)16-17-15(19)14-5-4-10-20-14/h4-10H,1-3H3,(H,17,19)/b16-11-. The Labute approximate surface area is 122 Å². The van der Waals surface area contributed by atoms with Crippen molar-refractivity contribution in [1.82, 2.24) is 5.43 Å². The molecule has 0 aliphatic heterocycles. The Bertz CT molecular complexity index is 601. The molecule has 4 nitrogen and oxygen atoms in total. The number of nitrogens with one attached hydrogen (secondary N) is 1. The van der Waals surface area contributed by atoms with Crippen LogP contribution in [0.4, 0.5) is 5.69 Å². The summed E-state index contributed by atoms with van der Waals surface area (Å²) in [5.41, 5.74) is 5.46. The highest BCUT2D eigenvalue weighted by Gasteiger charge is 2.05. The molecule has 0 atom stereocenters. The third-order valence-electron chi connectivity index (χ3n) is 2.87. The molecule has 5 heteroatoms. The van der Waals surface area contributed by atoms with Crippen LogP contribution in [0.5, 0.6) is 0 Å². The summed E-state index contributed by atoms with van der Waals surface area (Å²) in [6.45, 7) is 1.87. The van der Waals surface area contributed by atoms with Crippen LogP contribution in [0.15, 0.2) is 46.9 Å². The Balaban J connectivity index is 2.05. The van der Waals surface area contributed by atoms with E-state index in [0.717, 1.165) is 17.0 Å². The summed E-state index contributed by atoms with van der Waals surface area (Å²) in [4.78, 5) is 14.5. The van der Waals surface area contributed by atoms with E-state index in [1.807, 2.05) is 61.6 Å². The average molecular weight is 287 g/mol. The van der Waals surface area contributed by atoms with E-state index in [-0.39, 0.29) is 5.91 Å². The van der Waals surface area contributed by atoms with Gasteiger partial charge in [0.25, 0.3) is 5.91 Å². The molecule has 2 rings (SSSR count). The minimum atomic E-state index is -0.177. The van der Waals surface area contributed by atoms with Crippen molar-refractivity contribution in [1.29, 1.82) is 0 Å². The molecule has 1 N–H and O–H groups in total. The fourth-order valence-electron chi connectivity index (χ4n) is 1.66. The smallest absolute Gasteiger partial charge is 0.281 e. The summed E-state index contributed by atoms with van der Waals surface area (Å²) in [5, 5.41) is 6.00. The Morgan fingerprint density at radius 3 is 2.45 bits per heavy atom. The Morgan fingerprint density at radius 2 is 1.90 bits per heavy atom. The minimum Gasteiger partial charge on any atom is -0.378 e. The molecule has 1 heterocycles. The largest absolute Gasteiger partial charge is 0.378 e. The van der Waals surface area contributed by atoms with Crippen molar-refractivity contribution in [3.8, 4) is 0 Å². The van der Waals surface area contributed by atoms with Gasteiger partial charge in [-0.3, -0.25) is 4.79 Å². The van der Waals surface area contributed by atoms with Gasteiger partial charge in [0.15, 0.2) is 0 Å². The molecule has 0 bridgehead atoms. The van der Waals surface area contributed by atoms with Crippen LogP contribution < -0.4 is 10.3 Å². The molecule has 2 aromatic rings. The van der Waals surface area contributed by atoms with E-state index in [1.165, 1.54) is 11.3 Å². The third kappa shape index (κ3) is 3.45. The molecule has 0 fully saturated rings. The first-order valence-corrected chi connectivity index (χ1v) is 7.12. The number of hydrogen-bond acceptors (Lipinski definition) is 4. The second kappa shape index (κ2) is 6.34. The van der Waals surface area contributed by atoms with Gasteiger partial charge in [0.2, 0.25) is 0 Å². The van der Waals surface area contributed by atoms with Crippen molar-refractivity contribution in [3.63, 3.8) is 0 Å². The van der Waals surface area contributed by atoms with Crippen LogP contribution in [-0.4, -0.2) is 25.7 Å². The third-order valence-corrected chi connectivity index (χ3v) is 3.74. The van der Waals surface area contributed by atoms with Crippen molar-refractivity contribution >= 4 is 28.6 Å². The molecule has 0 radical (unpaired) electrons. The molecule has 1 aromatic carbocycles. The molecule has 1 amide bonds. The molecule has 1 aromatic heterocycles. The maximum Gasteiger partial charge on any atom is 0.281 e. The van der Waals surface area contributed by atoms with Crippen molar-refractivity contribution in [2.75, 3.05) is 19.0 Å². The van der Waals surface area contributed by atoms with E-state index in [0.29, 0.717) is 4.88 Å². The van der Waals surface area contributed by atoms with Crippen LogP contribution in [0, 0.1) is 0 Å². The number of thiophene rings is 1. The maximum atomic E-state index is 11.8. The monoisotopic (exact) mass is 287 g/mol. The van der Waals surface area contributed by atoms with E-state index in [1.54, 1.807) is 6.07 Å². The van der Waals surface area contributed by atoms with E-state index >= 15 is 0 Å². The van der Waals surface area contributed by atoms with E-state index < -0.39 is 0 Å². The summed E-state index contributed by atoms with van der Waals surface area (Å²) < 4.78 is 0. The number of carbonyl (C=O) groups is 1. The molecule has 0 saturated heterocycles. The van der Waals surface area contributed by atoms with Crippen LogP contribution >= 0.6 is 11.3 Å². The number of rotatable bonds is 4. The van der Waals surface area contributed by atoms with Crippen LogP contribution in [0.25, 0.3) is 0 Å². The van der Waals surface area contributed by atoms with Gasteiger partial charge in [0.05, 0.1) is 10.6 Å². The van der Waals surface area contributed by atoms with Crippen molar-refractivity contribution in [3.05, 3.63) is 52.2 Å². The molecule has 0 spiro atoms. The van der Waals surface area contributed by atoms with Gasteiger partial charge < -0.3 is 4.90 Å². The summed E-state index contributed by atoms with van der Waals surface area (Å²) in [5.74, 6) is -0.177.